The molecule has 3 nitrogen and oxygen atoms in total. The first kappa shape index (κ1) is 18.2. The Balaban J connectivity index is 1.82. The molecule has 0 spiro atoms. The van der Waals surface area contributed by atoms with Crippen molar-refractivity contribution in [2.45, 2.75) is 25.4 Å². The number of anilines is 1. The Kier molecular flexibility index (Phi) is 5.32. The van der Waals surface area contributed by atoms with Gasteiger partial charge in [-0.25, -0.2) is 4.39 Å². The Morgan fingerprint density at radius 2 is 2.00 bits per heavy atom. The van der Waals surface area contributed by atoms with E-state index in [-0.39, 0.29) is 22.8 Å². The molecule has 1 aliphatic carbocycles. The molecule has 3 rings (SSSR count). The van der Waals surface area contributed by atoms with Crippen LogP contribution >= 0.6 is 23.2 Å². The summed E-state index contributed by atoms with van der Waals surface area (Å²) in [4.78, 5) is 12.7. The van der Waals surface area contributed by atoms with Crippen LogP contribution in [0.25, 0.3) is 0 Å². The van der Waals surface area contributed by atoms with Gasteiger partial charge < -0.3 is 10.4 Å². The molecule has 1 amide bonds. The van der Waals surface area contributed by atoms with E-state index in [0.29, 0.717) is 22.7 Å². The molecule has 0 saturated heterocycles. The first-order valence-electron chi connectivity index (χ1n) is 8.07. The Morgan fingerprint density at radius 3 is 2.68 bits per heavy atom. The lowest BCUT2D eigenvalue weighted by Gasteiger charge is -2.06. The number of hydrogen-bond acceptors (Lipinski definition) is 2. The van der Waals surface area contributed by atoms with Gasteiger partial charge in [0.25, 0.3) is 0 Å². The molecule has 4 atom stereocenters. The topological polar surface area (TPSA) is 49.3 Å². The fourth-order valence-electron chi connectivity index (χ4n) is 3.41. The Hall–Kier alpha value is -1.62. The first-order valence-corrected chi connectivity index (χ1v) is 8.82. The maximum absolute atomic E-state index is 14.4. The molecule has 0 heterocycles. The minimum atomic E-state index is -0.571. The Morgan fingerprint density at radius 1 is 1.28 bits per heavy atom. The molecule has 0 aliphatic heterocycles. The molecule has 6 heteroatoms. The van der Waals surface area contributed by atoms with E-state index in [1.165, 1.54) is 6.07 Å². The van der Waals surface area contributed by atoms with Gasteiger partial charge in [0.15, 0.2) is 0 Å². The number of hydrogen-bond donors (Lipinski definition) is 2. The summed E-state index contributed by atoms with van der Waals surface area (Å²) < 4.78 is 14.4. The van der Waals surface area contributed by atoms with Crippen LogP contribution in [0.15, 0.2) is 42.5 Å². The summed E-state index contributed by atoms with van der Waals surface area (Å²) in [5, 5.41) is 13.1. The number of benzene rings is 2. The van der Waals surface area contributed by atoms with Gasteiger partial charge in [-0.1, -0.05) is 41.4 Å². The Bertz CT molecular complexity index is 797. The second-order valence-corrected chi connectivity index (χ2v) is 7.29. The van der Waals surface area contributed by atoms with E-state index >= 15 is 0 Å². The zero-order valence-electron chi connectivity index (χ0n) is 13.5. The van der Waals surface area contributed by atoms with E-state index in [9.17, 15) is 14.3 Å². The summed E-state index contributed by atoms with van der Waals surface area (Å²) in [6.45, 7) is 1.66. The molecule has 4 unspecified atom stereocenters. The van der Waals surface area contributed by atoms with Crippen LogP contribution in [-0.4, -0.2) is 17.1 Å². The van der Waals surface area contributed by atoms with E-state index in [1.807, 2.05) is 0 Å². The van der Waals surface area contributed by atoms with Gasteiger partial charge in [-0.05, 0) is 49.1 Å². The molecule has 0 radical (unpaired) electrons. The monoisotopic (exact) mass is 381 g/mol. The SMILES string of the molecule is CC(O)CC1C(C(=O)Nc2cccc(Cl)c2)C1c1cccc(Cl)c1F. The van der Waals surface area contributed by atoms with Crippen molar-refractivity contribution in [1.29, 1.82) is 0 Å². The molecular formula is C19H18Cl2FNO2. The van der Waals surface area contributed by atoms with Crippen LogP contribution in [0.5, 0.6) is 0 Å². The van der Waals surface area contributed by atoms with Crippen LogP contribution in [0.3, 0.4) is 0 Å². The van der Waals surface area contributed by atoms with Gasteiger partial charge in [0.05, 0.1) is 11.1 Å². The fraction of sp³-hybridized carbons (Fsp3) is 0.316. The third kappa shape index (κ3) is 3.97. The van der Waals surface area contributed by atoms with Gasteiger partial charge in [0, 0.05) is 22.5 Å². The lowest BCUT2D eigenvalue weighted by Crippen LogP contribution is -2.16. The van der Waals surface area contributed by atoms with Gasteiger partial charge >= 0.3 is 0 Å². The van der Waals surface area contributed by atoms with Gasteiger partial charge in [-0.2, -0.15) is 0 Å². The molecule has 132 valence electrons. The van der Waals surface area contributed by atoms with Gasteiger partial charge in [0.2, 0.25) is 5.91 Å². The van der Waals surface area contributed by atoms with Gasteiger partial charge in [-0.15, -0.1) is 0 Å². The predicted octanol–water partition coefficient (Wildman–Crippen LogP) is 4.87. The second-order valence-electron chi connectivity index (χ2n) is 6.44. The van der Waals surface area contributed by atoms with Crippen LogP contribution in [0.4, 0.5) is 10.1 Å². The van der Waals surface area contributed by atoms with Crippen molar-refractivity contribution in [3.63, 3.8) is 0 Å². The summed E-state index contributed by atoms with van der Waals surface area (Å²) in [6.07, 6.45) is -0.150. The number of aliphatic hydroxyl groups is 1. The summed E-state index contributed by atoms with van der Waals surface area (Å²) in [5.74, 6) is -1.55. The lowest BCUT2D eigenvalue weighted by molar-refractivity contribution is -0.117. The standard InChI is InChI=1S/C19H18Cl2FNO2/c1-10(24)8-14-16(13-6-3-7-15(21)18(13)22)17(14)19(25)23-12-5-2-4-11(20)9-12/h2-7,9-10,14,16-17,24H,8H2,1H3,(H,23,25). The zero-order chi connectivity index (χ0) is 18.1. The fourth-order valence-corrected chi connectivity index (χ4v) is 3.78. The number of halogens is 3. The van der Waals surface area contributed by atoms with E-state index in [2.05, 4.69) is 5.32 Å². The largest absolute Gasteiger partial charge is 0.393 e. The molecule has 0 bridgehead atoms. The maximum Gasteiger partial charge on any atom is 0.228 e. The van der Waals surface area contributed by atoms with Crippen molar-refractivity contribution >= 4 is 34.8 Å². The van der Waals surface area contributed by atoms with Gasteiger partial charge in [0.1, 0.15) is 5.82 Å². The van der Waals surface area contributed by atoms with E-state index in [1.54, 1.807) is 43.3 Å². The first-order chi connectivity index (χ1) is 11.9. The van der Waals surface area contributed by atoms with Gasteiger partial charge in [-0.3, -0.25) is 4.79 Å². The molecule has 2 N–H and O–H groups in total. The summed E-state index contributed by atoms with van der Waals surface area (Å²) in [6, 6.07) is 11.7. The van der Waals surface area contributed by atoms with Crippen molar-refractivity contribution in [1.82, 2.24) is 0 Å². The lowest BCUT2D eigenvalue weighted by atomic mass is 10.1. The quantitative estimate of drug-likeness (QED) is 0.775. The minimum Gasteiger partial charge on any atom is -0.393 e. The molecule has 1 aliphatic rings. The molecule has 0 aromatic heterocycles. The highest BCUT2D eigenvalue weighted by Crippen LogP contribution is 2.57. The summed E-state index contributed by atoms with van der Waals surface area (Å²) in [5.41, 5.74) is 1.01. The molecular weight excluding hydrogens is 364 g/mol. The molecule has 1 saturated carbocycles. The average Bonchev–Trinajstić information content (AvgIpc) is 3.22. The third-order valence-corrected chi connectivity index (χ3v) is 5.04. The number of amides is 1. The Labute approximate surface area is 155 Å². The van der Waals surface area contributed by atoms with E-state index in [4.69, 9.17) is 23.2 Å². The normalized spacial score (nSPS) is 23.2. The number of aliphatic hydroxyl groups excluding tert-OH is 1. The van der Waals surface area contributed by atoms with Crippen molar-refractivity contribution in [2.24, 2.45) is 11.8 Å². The molecule has 25 heavy (non-hydrogen) atoms. The van der Waals surface area contributed by atoms with Crippen molar-refractivity contribution < 1.29 is 14.3 Å². The van der Waals surface area contributed by atoms with E-state index in [0.717, 1.165) is 0 Å². The van der Waals surface area contributed by atoms with Crippen LogP contribution in [-0.2, 0) is 4.79 Å². The minimum absolute atomic E-state index is 0.0363. The number of carbonyl (C=O) groups is 1. The number of rotatable bonds is 5. The number of carbonyl (C=O) groups excluding carboxylic acids is 1. The third-order valence-electron chi connectivity index (χ3n) is 4.52. The van der Waals surface area contributed by atoms with Crippen LogP contribution in [0, 0.1) is 17.7 Å². The van der Waals surface area contributed by atoms with Crippen LogP contribution < -0.4 is 5.32 Å². The highest BCUT2D eigenvalue weighted by Gasteiger charge is 2.56. The predicted molar refractivity (Wildman–Crippen MR) is 97.5 cm³/mol. The van der Waals surface area contributed by atoms with Crippen molar-refractivity contribution in [2.75, 3.05) is 5.32 Å². The van der Waals surface area contributed by atoms with Crippen LogP contribution in [0.2, 0.25) is 10.0 Å². The summed E-state index contributed by atoms with van der Waals surface area (Å²) in [7, 11) is 0. The summed E-state index contributed by atoms with van der Waals surface area (Å²) >= 11 is 11.8. The van der Waals surface area contributed by atoms with Crippen molar-refractivity contribution in [3.05, 3.63) is 63.9 Å². The maximum atomic E-state index is 14.4. The highest BCUT2D eigenvalue weighted by molar-refractivity contribution is 6.31. The average molecular weight is 382 g/mol. The van der Waals surface area contributed by atoms with Crippen LogP contribution in [0.1, 0.15) is 24.8 Å². The zero-order valence-corrected chi connectivity index (χ0v) is 15.1. The molecule has 2 aromatic carbocycles. The number of nitrogens with one attached hydrogen (secondary N) is 1. The van der Waals surface area contributed by atoms with E-state index < -0.39 is 17.8 Å². The second kappa shape index (κ2) is 7.32. The van der Waals surface area contributed by atoms with Crippen molar-refractivity contribution in [3.8, 4) is 0 Å². The molecule has 2 aromatic rings. The highest BCUT2D eigenvalue weighted by atomic mass is 35.5. The molecule has 1 fully saturated rings. The smallest absolute Gasteiger partial charge is 0.228 e.